The van der Waals surface area contributed by atoms with Gasteiger partial charge in [-0.15, -0.1) is 0 Å². The van der Waals surface area contributed by atoms with Crippen molar-refractivity contribution in [2.75, 3.05) is 23.3 Å². The quantitative estimate of drug-likeness (QED) is 0.553. The molecule has 2 aliphatic heterocycles. The summed E-state index contributed by atoms with van der Waals surface area (Å²) in [6.45, 7) is 8.40. The second kappa shape index (κ2) is 8.74. The van der Waals surface area contributed by atoms with Gasteiger partial charge in [0.05, 0.1) is 5.56 Å². The first kappa shape index (κ1) is 21.4. The van der Waals surface area contributed by atoms with Crippen molar-refractivity contribution in [3.05, 3.63) is 94.5 Å². The van der Waals surface area contributed by atoms with E-state index in [1.54, 1.807) is 0 Å². The summed E-state index contributed by atoms with van der Waals surface area (Å²) in [6.07, 6.45) is 0. The Morgan fingerprint density at radius 1 is 0.935 bits per heavy atom. The molecule has 0 bridgehead atoms. The Bertz CT molecular complexity index is 1060. The smallest absolute Gasteiger partial charge is 0.262 e. The SMILES string of the molecule is CC.Cc1ccc(N2C(=O)c3ccccc3NC23CN(Cc2ccc(Cl)cc2)C3)cc1. The van der Waals surface area contributed by atoms with E-state index in [-0.39, 0.29) is 5.91 Å². The molecule has 0 radical (unpaired) electrons. The largest absolute Gasteiger partial charge is 0.360 e. The van der Waals surface area contributed by atoms with E-state index < -0.39 is 5.66 Å². The molecule has 31 heavy (non-hydrogen) atoms. The topological polar surface area (TPSA) is 35.6 Å². The predicted molar refractivity (Wildman–Crippen MR) is 129 cm³/mol. The zero-order chi connectivity index (χ0) is 22.0. The number of hydrogen-bond donors (Lipinski definition) is 1. The third-order valence-electron chi connectivity index (χ3n) is 5.74. The summed E-state index contributed by atoms with van der Waals surface area (Å²) in [5.74, 6) is 0.0503. The first-order chi connectivity index (χ1) is 15.0. The van der Waals surface area contributed by atoms with Crippen LogP contribution in [-0.4, -0.2) is 29.6 Å². The Hall–Kier alpha value is -2.82. The van der Waals surface area contributed by atoms with Gasteiger partial charge in [-0.1, -0.05) is 67.4 Å². The number of hydrogen-bond acceptors (Lipinski definition) is 3. The summed E-state index contributed by atoms with van der Waals surface area (Å²) in [5, 5.41) is 4.42. The molecule has 1 N–H and O–H groups in total. The summed E-state index contributed by atoms with van der Waals surface area (Å²) in [7, 11) is 0. The van der Waals surface area contributed by atoms with Crippen LogP contribution in [0, 0.1) is 6.92 Å². The van der Waals surface area contributed by atoms with E-state index in [9.17, 15) is 4.79 Å². The van der Waals surface area contributed by atoms with E-state index in [1.165, 1.54) is 11.1 Å². The van der Waals surface area contributed by atoms with E-state index in [4.69, 9.17) is 11.6 Å². The third kappa shape index (κ3) is 4.06. The molecule has 0 unspecified atom stereocenters. The highest BCUT2D eigenvalue weighted by Crippen LogP contribution is 2.40. The normalized spacial score (nSPS) is 16.6. The van der Waals surface area contributed by atoms with E-state index in [1.807, 2.05) is 67.3 Å². The second-order valence-corrected chi connectivity index (χ2v) is 8.39. The van der Waals surface area contributed by atoms with E-state index in [2.05, 4.69) is 41.4 Å². The summed E-state index contributed by atoms with van der Waals surface area (Å²) in [4.78, 5) is 17.7. The highest BCUT2D eigenvalue weighted by Gasteiger charge is 2.53. The molecule has 160 valence electrons. The van der Waals surface area contributed by atoms with Gasteiger partial charge in [0.1, 0.15) is 5.66 Å². The van der Waals surface area contributed by atoms with Gasteiger partial charge in [-0.2, -0.15) is 0 Å². The van der Waals surface area contributed by atoms with Gasteiger partial charge in [-0.3, -0.25) is 14.6 Å². The first-order valence-electron chi connectivity index (χ1n) is 10.8. The van der Waals surface area contributed by atoms with Crippen molar-refractivity contribution in [2.24, 2.45) is 0 Å². The van der Waals surface area contributed by atoms with Gasteiger partial charge in [0.2, 0.25) is 0 Å². The van der Waals surface area contributed by atoms with Crippen LogP contribution in [-0.2, 0) is 6.54 Å². The average molecular weight is 434 g/mol. The number of nitrogens with zero attached hydrogens (tertiary/aromatic N) is 2. The molecule has 4 nitrogen and oxygen atoms in total. The molecule has 0 atom stereocenters. The van der Waals surface area contributed by atoms with Gasteiger partial charge < -0.3 is 5.32 Å². The van der Waals surface area contributed by atoms with E-state index in [0.29, 0.717) is 0 Å². The van der Waals surface area contributed by atoms with Crippen molar-refractivity contribution in [3.8, 4) is 0 Å². The van der Waals surface area contributed by atoms with E-state index in [0.717, 1.165) is 41.6 Å². The van der Waals surface area contributed by atoms with Crippen LogP contribution < -0.4 is 10.2 Å². The summed E-state index contributed by atoms with van der Waals surface area (Å²) in [5.41, 5.74) is 4.51. The van der Waals surface area contributed by atoms with Gasteiger partial charge in [-0.25, -0.2) is 0 Å². The minimum Gasteiger partial charge on any atom is -0.360 e. The van der Waals surface area contributed by atoms with Gasteiger partial charge in [0.25, 0.3) is 5.91 Å². The lowest BCUT2D eigenvalue weighted by molar-refractivity contribution is 0.0609. The van der Waals surface area contributed by atoms with Crippen LogP contribution in [0.25, 0.3) is 0 Å². The molecular formula is C26H28ClN3O. The van der Waals surface area contributed by atoms with Crippen molar-refractivity contribution in [3.63, 3.8) is 0 Å². The van der Waals surface area contributed by atoms with Crippen molar-refractivity contribution < 1.29 is 4.79 Å². The van der Waals surface area contributed by atoms with Crippen LogP contribution in [0.4, 0.5) is 11.4 Å². The number of halogens is 1. The molecule has 5 heteroatoms. The molecule has 3 aromatic rings. The average Bonchev–Trinajstić information content (AvgIpc) is 2.77. The minimum absolute atomic E-state index is 0.0503. The van der Waals surface area contributed by atoms with Crippen LogP contribution in [0.1, 0.15) is 35.3 Å². The fraction of sp³-hybridized carbons (Fsp3) is 0.269. The molecule has 3 aromatic carbocycles. The molecular weight excluding hydrogens is 406 g/mol. The highest BCUT2D eigenvalue weighted by atomic mass is 35.5. The monoisotopic (exact) mass is 433 g/mol. The molecule has 1 fully saturated rings. The number of benzene rings is 3. The fourth-order valence-corrected chi connectivity index (χ4v) is 4.46. The standard InChI is InChI=1S/C24H22ClN3O.C2H6/c1-17-6-12-20(13-7-17)28-23(29)21-4-2-3-5-22(21)26-24(28)15-27(16-24)14-18-8-10-19(25)11-9-18;1-2/h2-13,26H,14-16H2,1H3;1-2H3. The Balaban J connectivity index is 0.00000112. The molecule has 1 saturated heterocycles. The number of carbonyl (C=O) groups is 1. The van der Waals surface area contributed by atoms with Crippen LogP contribution in [0.3, 0.4) is 0 Å². The van der Waals surface area contributed by atoms with Crippen LogP contribution in [0.2, 0.25) is 5.02 Å². The maximum Gasteiger partial charge on any atom is 0.262 e. The summed E-state index contributed by atoms with van der Waals surface area (Å²) in [6, 6.07) is 23.9. The third-order valence-corrected chi connectivity index (χ3v) is 5.99. The fourth-order valence-electron chi connectivity index (χ4n) is 4.33. The highest BCUT2D eigenvalue weighted by molar-refractivity contribution is 6.30. The molecule has 5 rings (SSSR count). The maximum absolute atomic E-state index is 13.5. The number of para-hydroxylation sites is 1. The molecule has 0 aliphatic carbocycles. The molecule has 1 amide bonds. The molecule has 0 aromatic heterocycles. The number of rotatable bonds is 3. The summed E-state index contributed by atoms with van der Waals surface area (Å²) < 4.78 is 0. The molecule has 0 saturated carbocycles. The van der Waals surface area contributed by atoms with Gasteiger partial charge in [0, 0.05) is 36.0 Å². The predicted octanol–water partition coefficient (Wildman–Crippen LogP) is 5.96. The molecule has 2 heterocycles. The Labute approximate surface area is 189 Å². The van der Waals surface area contributed by atoms with Gasteiger partial charge in [0.15, 0.2) is 0 Å². The van der Waals surface area contributed by atoms with Crippen molar-refractivity contribution in [2.45, 2.75) is 33.0 Å². The number of fused-ring (bicyclic) bond motifs is 1. The Morgan fingerprint density at radius 2 is 1.58 bits per heavy atom. The van der Waals surface area contributed by atoms with Crippen molar-refractivity contribution in [1.82, 2.24) is 4.90 Å². The van der Waals surface area contributed by atoms with Crippen molar-refractivity contribution in [1.29, 1.82) is 0 Å². The zero-order valence-electron chi connectivity index (χ0n) is 18.2. The number of likely N-dealkylation sites (tertiary alicyclic amines) is 1. The minimum atomic E-state index is -0.437. The Morgan fingerprint density at radius 3 is 2.26 bits per heavy atom. The number of anilines is 2. The van der Waals surface area contributed by atoms with Crippen molar-refractivity contribution >= 4 is 28.9 Å². The number of nitrogens with one attached hydrogen (secondary N) is 1. The van der Waals surface area contributed by atoms with Crippen LogP contribution in [0.5, 0.6) is 0 Å². The lowest BCUT2D eigenvalue weighted by atomic mass is 9.90. The lowest BCUT2D eigenvalue weighted by Crippen LogP contribution is -2.76. The number of aryl methyl sites for hydroxylation is 1. The molecule has 1 spiro atoms. The zero-order valence-corrected chi connectivity index (χ0v) is 19.0. The second-order valence-electron chi connectivity index (χ2n) is 7.95. The van der Waals surface area contributed by atoms with Gasteiger partial charge in [-0.05, 0) is 48.9 Å². The van der Waals surface area contributed by atoms with Gasteiger partial charge >= 0.3 is 0 Å². The first-order valence-corrected chi connectivity index (χ1v) is 11.2. The van der Waals surface area contributed by atoms with Crippen LogP contribution in [0.15, 0.2) is 72.8 Å². The summed E-state index contributed by atoms with van der Waals surface area (Å²) >= 11 is 6.01. The van der Waals surface area contributed by atoms with Crippen LogP contribution >= 0.6 is 11.6 Å². The Kier molecular flexibility index (Phi) is 6.03. The number of amides is 1. The molecule has 2 aliphatic rings. The maximum atomic E-state index is 13.5. The lowest BCUT2D eigenvalue weighted by Gasteiger charge is -2.58. The number of carbonyl (C=O) groups excluding carboxylic acids is 1. The van der Waals surface area contributed by atoms with E-state index >= 15 is 0 Å².